The smallest absolute Gasteiger partial charge is 0.337 e. The van der Waals surface area contributed by atoms with E-state index in [0.29, 0.717) is 4.48 Å². The standard InChI is InChI=1S/C11H7Br2NO2/c1-14-10(11(15)16-2)9(13)7-5-3-4-6-8(7)12/h3-6H,2H3/b10-9-. The first kappa shape index (κ1) is 12.9. The largest absolute Gasteiger partial charge is 0.474 e. The van der Waals surface area contributed by atoms with Gasteiger partial charge in [-0.1, -0.05) is 50.1 Å². The minimum atomic E-state index is -0.655. The van der Waals surface area contributed by atoms with E-state index in [1.807, 2.05) is 18.2 Å². The van der Waals surface area contributed by atoms with Gasteiger partial charge in [0.15, 0.2) is 0 Å². The van der Waals surface area contributed by atoms with E-state index in [-0.39, 0.29) is 5.70 Å². The van der Waals surface area contributed by atoms with E-state index in [0.717, 1.165) is 10.0 Å². The van der Waals surface area contributed by atoms with Gasteiger partial charge in [0.2, 0.25) is 0 Å². The van der Waals surface area contributed by atoms with Crippen molar-refractivity contribution in [1.82, 2.24) is 0 Å². The fourth-order valence-corrected chi connectivity index (χ4v) is 2.39. The van der Waals surface area contributed by atoms with E-state index >= 15 is 0 Å². The lowest BCUT2D eigenvalue weighted by Gasteiger charge is -2.05. The molecule has 1 aromatic carbocycles. The van der Waals surface area contributed by atoms with Crippen LogP contribution in [0, 0.1) is 6.57 Å². The van der Waals surface area contributed by atoms with E-state index in [4.69, 9.17) is 6.57 Å². The Morgan fingerprint density at radius 2 is 2.06 bits per heavy atom. The maximum Gasteiger partial charge on any atom is 0.337 e. The summed E-state index contributed by atoms with van der Waals surface area (Å²) in [5, 5.41) is 0. The Hall–Kier alpha value is -1.12. The van der Waals surface area contributed by atoms with Gasteiger partial charge in [-0.3, -0.25) is 4.79 Å². The maximum absolute atomic E-state index is 11.3. The molecule has 0 unspecified atom stereocenters. The minimum Gasteiger partial charge on any atom is -0.474 e. The van der Waals surface area contributed by atoms with Gasteiger partial charge in [-0.2, -0.15) is 0 Å². The van der Waals surface area contributed by atoms with Crippen LogP contribution in [0.15, 0.2) is 34.4 Å². The van der Waals surface area contributed by atoms with Crippen molar-refractivity contribution in [1.29, 1.82) is 0 Å². The average Bonchev–Trinajstić information content (AvgIpc) is 2.30. The highest BCUT2D eigenvalue weighted by molar-refractivity contribution is 9.15. The van der Waals surface area contributed by atoms with Crippen LogP contribution in [0.25, 0.3) is 9.33 Å². The zero-order chi connectivity index (χ0) is 12.1. The third-order valence-electron chi connectivity index (χ3n) is 1.81. The van der Waals surface area contributed by atoms with Crippen molar-refractivity contribution >= 4 is 42.3 Å². The lowest BCUT2D eigenvalue weighted by atomic mass is 10.2. The first-order valence-electron chi connectivity index (χ1n) is 4.22. The molecular formula is C11H7Br2NO2. The zero-order valence-corrected chi connectivity index (χ0v) is 11.5. The monoisotopic (exact) mass is 343 g/mol. The molecule has 0 aliphatic heterocycles. The van der Waals surface area contributed by atoms with Crippen LogP contribution in [0.4, 0.5) is 0 Å². The average molecular weight is 345 g/mol. The molecule has 1 aromatic rings. The Morgan fingerprint density at radius 1 is 1.44 bits per heavy atom. The first-order valence-corrected chi connectivity index (χ1v) is 5.81. The third-order valence-corrected chi connectivity index (χ3v) is 3.30. The normalized spacial score (nSPS) is 11.4. The van der Waals surface area contributed by atoms with E-state index in [1.165, 1.54) is 7.11 Å². The molecule has 16 heavy (non-hydrogen) atoms. The van der Waals surface area contributed by atoms with Crippen LogP contribution in [-0.2, 0) is 9.53 Å². The van der Waals surface area contributed by atoms with Crippen molar-refractivity contribution in [2.45, 2.75) is 0 Å². The molecule has 0 amide bonds. The van der Waals surface area contributed by atoms with Crippen molar-refractivity contribution < 1.29 is 9.53 Å². The molecule has 0 saturated carbocycles. The van der Waals surface area contributed by atoms with Crippen molar-refractivity contribution in [2.24, 2.45) is 0 Å². The molecule has 0 N–H and O–H groups in total. The fraction of sp³-hybridized carbons (Fsp3) is 0.0909. The fourth-order valence-electron chi connectivity index (χ4n) is 1.05. The van der Waals surface area contributed by atoms with Gasteiger partial charge in [-0.25, -0.2) is 4.85 Å². The maximum atomic E-state index is 11.3. The molecule has 5 heteroatoms. The number of hydrogen-bond donors (Lipinski definition) is 0. The summed E-state index contributed by atoms with van der Waals surface area (Å²) in [5.74, 6) is -0.655. The van der Waals surface area contributed by atoms with Gasteiger partial charge in [0.25, 0.3) is 5.70 Å². The van der Waals surface area contributed by atoms with Gasteiger partial charge < -0.3 is 4.74 Å². The summed E-state index contributed by atoms with van der Waals surface area (Å²) in [4.78, 5) is 14.5. The molecule has 0 saturated heterocycles. The third kappa shape index (κ3) is 2.71. The van der Waals surface area contributed by atoms with Gasteiger partial charge in [0.05, 0.1) is 13.7 Å². The summed E-state index contributed by atoms with van der Waals surface area (Å²) in [7, 11) is 1.24. The molecule has 0 aliphatic carbocycles. The predicted octanol–water partition coefficient (Wildman–Crippen LogP) is 3.60. The van der Waals surface area contributed by atoms with Crippen LogP contribution in [0.2, 0.25) is 0 Å². The Labute approximate surface area is 110 Å². The Morgan fingerprint density at radius 3 is 2.56 bits per heavy atom. The number of ether oxygens (including phenoxy) is 1. The highest BCUT2D eigenvalue weighted by atomic mass is 79.9. The molecule has 3 nitrogen and oxygen atoms in total. The molecule has 0 aliphatic rings. The summed E-state index contributed by atoms with van der Waals surface area (Å²) in [6.07, 6.45) is 0. The van der Waals surface area contributed by atoms with Crippen molar-refractivity contribution in [3.8, 4) is 0 Å². The number of methoxy groups -OCH3 is 1. The molecule has 1 rings (SSSR count). The molecule has 0 fully saturated rings. The van der Waals surface area contributed by atoms with Crippen LogP contribution >= 0.6 is 31.9 Å². The molecule has 0 radical (unpaired) electrons. The number of hydrogen-bond acceptors (Lipinski definition) is 2. The lowest BCUT2D eigenvalue weighted by Crippen LogP contribution is -2.03. The van der Waals surface area contributed by atoms with Crippen LogP contribution in [0.1, 0.15) is 5.56 Å². The van der Waals surface area contributed by atoms with Crippen LogP contribution in [0.5, 0.6) is 0 Å². The summed E-state index contributed by atoms with van der Waals surface area (Å²) in [6.45, 7) is 6.96. The van der Waals surface area contributed by atoms with Gasteiger partial charge in [-0.05, 0) is 11.6 Å². The number of esters is 1. The quantitative estimate of drug-likeness (QED) is 0.466. The van der Waals surface area contributed by atoms with Gasteiger partial charge in [0.1, 0.15) is 0 Å². The van der Waals surface area contributed by atoms with Crippen LogP contribution < -0.4 is 0 Å². The molecule has 0 atom stereocenters. The predicted molar refractivity (Wildman–Crippen MR) is 68.6 cm³/mol. The summed E-state index contributed by atoms with van der Waals surface area (Å²) < 4.78 is 5.75. The molecule has 0 spiro atoms. The van der Waals surface area contributed by atoms with E-state index < -0.39 is 5.97 Å². The highest BCUT2D eigenvalue weighted by Crippen LogP contribution is 2.32. The van der Waals surface area contributed by atoms with Crippen LogP contribution in [-0.4, -0.2) is 13.1 Å². The van der Waals surface area contributed by atoms with Crippen molar-refractivity contribution in [3.63, 3.8) is 0 Å². The summed E-state index contributed by atoms with van der Waals surface area (Å²) in [5.41, 5.74) is 0.660. The SMILES string of the molecule is [C-]#[N+]/C(C(=O)OC)=C(\Br)c1ccccc1Br. The number of carbonyl (C=O) groups is 1. The van der Waals surface area contributed by atoms with Crippen molar-refractivity contribution in [3.05, 3.63) is 51.4 Å². The van der Waals surface area contributed by atoms with Crippen LogP contribution in [0.3, 0.4) is 0 Å². The number of carbonyl (C=O) groups excluding carboxylic acids is 1. The van der Waals surface area contributed by atoms with E-state index in [9.17, 15) is 4.79 Å². The molecule has 0 heterocycles. The van der Waals surface area contributed by atoms with Gasteiger partial charge in [0, 0.05) is 8.96 Å². The van der Waals surface area contributed by atoms with E-state index in [1.54, 1.807) is 6.07 Å². The van der Waals surface area contributed by atoms with E-state index in [2.05, 4.69) is 41.4 Å². The number of nitrogens with zero attached hydrogens (tertiary/aromatic N) is 1. The summed E-state index contributed by atoms with van der Waals surface area (Å²) in [6, 6.07) is 7.29. The second-order valence-electron chi connectivity index (χ2n) is 2.75. The highest BCUT2D eigenvalue weighted by Gasteiger charge is 2.17. The summed E-state index contributed by atoms with van der Waals surface area (Å²) >= 11 is 6.59. The Bertz CT molecular complexity index is 489. The van der Waals surface area contributed by atoms with Gasteiger partial charge in [-0.15, -0.1) is 0 Å². The number of rotatable bonds is 2. The number of halogens is 2. The van der Waals surface area contributed by atoms with Crippen molar-refractivity contribution in [2.75, 3.05) is 7.11 Å². The lowest BCUT2D eigenvalue weighted by molar-refractivity contribution is -0.135. The molecule has 0 bridgehead atoms. The molecule has 82 valence electrons. The topological polar surface area (TPSA) is 30.7 Å². The minimum absolute atomic E-state index is 0.0746. The Balaban J connectivity index is 3.33. The molecule has 0 aromatic heterocycles. The second kappa shape index (κ2) is 5.83. The molecular weight excluding hydrogens is 338 g/mol. The van der Waals surface area contributed by atoms with Gasteiger partial charge >= 0.3 is 5.97 Å². The number of benzene rings is 1. The zero-order valence-electron chi connectivity index (χ0n) is 8.33. The second-order valence-corrected chi connectivity index (χ2v) is 4.39. The Kier molecular flexibility index (Phi) is 4.71. The first-order chi connectivity index (χ1) is 7.61.